The summed E-state index contributed by atoms with van der Waals surface area (Å²) in [5.41, 5.74) is 5.59. The number of aromatic nitrogens is 2. The molecule has 10 nitrogen and oxygen atoms in total. The number of ether oxygens (including phenoxy) is 2. The van der Waals surface area contributed by atoms with Gasteiger partial charge in [-0.2, -0.15) is 0 Å². The Morgan fingerprint density at radius 1 is 1.15 bits per heavy atom. The zero-order valence-electron chi connectivity index (χ0n) is 24.2. The highest BCUT2D eigenvalue weighted by atomic mass is 19.1. The van der Waals surface area contributed by atoms with Crippen molar-refractivity contribution in [2.45, 2.75) is 64.5 Å². The van der Waals surface area contributed by atoms with Crippen molar-refractivity contribution in [3.63, 3.8) is 0 Å². The quantitative estimate of drug-likeness (QED) is 0.497. The van der Waals surface area contributed by atoms with E-state index in [1.54, 1.807) is 18.1 Å². The van der Waals surface area contributed by atoms with Gasteiger partial charge in [0.15, 0.2) is 11.6 Å². The Kier molecular flexibility index (Phi) is 8.63. The molecule has 2 aliphatic heterocycles. The van der Waals surface area contributed by atoms with Crippen LogP contribution in [0.2, 0.25) is 0 Å². The van der Waals surface area contributed by atoms with Crippen LogP contribution < -0.4 is 15.4 Å². The maximum absolute atomic E-state index is 14.1. The third-order valence-corrected chi connectivity index (χ3v) is 9.01. The van der Waals surface area contributed by atoms with E-state index >= 15 is 0 Å². The lowest BCUT2D eigenvalue weighted by atomic mass is 9.71. The molecule has 1 aliphatic carbocycles. The minimum atomic E-state index is -0.672. The van der Waals surface area contributed by atoms with Gasteiger partial charge in [-0.1, -0.05) is 0 Å². The number of benzene rings is 1. The number of hydrogen-bond acceptors (Lipinski definition) is 8. The summed E-state index contributed by atoms with van der Waals surface area (Å²) >= 11 is 0. The van der Waals surface area contributed by atoms with Crippen molar-refractivity contribution in [1.82, 2.24) is 19.8 Å². The first-order valence-corrected chi connectivity index (χ1v) is 14.6. The molecule has 1 aromatic heterocycles. The van der Waals surface area contributed by atoms with Crippen LogP contribution in [0.15, 0.2) is 30.7 Å². The van der Waals surface area contributed by atoms with Gasteiger partial charge in [0.2, 0.25) is 0 Å². The molecule has 11 heteroatoms. The van der Waals surface area contributed by atoms with Gasteiger partial charge in [-0.15, -0.1) is 0 Å². The van der Waals surface area contributed by atoms with Gasteiger partial charge in [0.05, 0.1) is 11.8 Å². The highest BCUT2D eigenvalue weighted by Gasteiger charge is 2.46. The Labute approximate surface area is 241 Å². The summed E-state index contributed by atoms with van der Waals surface area (Å²) in [6, 6.07) is 3.94. The van der Waals surface area contributed by atoms with Crippen molar-refractivity contribution in [2.24, 2.45) is 17.1 Å². The lowest BCUT2D eigenvalue weighted by Crippen LogP contribution is -2.61. The first kappa shape index (κ1) is 29.0. The second kappa shape index (κ2) is 12.2. The SMILES string of the molecule is CC(C)N(C)C(=O)c1cc(F)ccc1Oc1cncnc1N1CC2(CCN(C[C@H]3CC[C@H](OC(N)=O)CC3)CC2)C1. The number of anilines is 1. The minimum absolute atomic E-state index is 0.0264. The Morgan fingerprint density at radius 2 is 1.85 bits per heavy atom. The van der Waals surface area contributed by atoms with Crippen LogP contribution in [-0.4, -0.2) is 83.7 Å². The molecular weight excluding hydrogens is 527 g/mol. The molecule has 0 radical (unpaired) electrons. The molecule has 3 heterocycles. The van der Waals surface area contributed by atoms with Crippen molar-refractivity contribution in [3.8, 4) is 11.5 Å². The fourth-order valence-electron chi connectivity index (χ4n) is 6.32. The van der Waals surface area contributed by atoms with E-state index in [1.807, 2.05) is 13.8 Å². The van der Waals surface area contributed by atoms with E-state index in [0.29, 0.717) is 17.5 Å². The second-order valence-electron chi connectivity index (χ2n) is 12.2. The van der Waals surface area contributed by atoms with Crippen LogP contribution in [0.5, 0.6) is 11.5 Å². The average Bonchev–Trinajstić information content (AvgIpc) is 2.93. The summed E-state index contributed by atoms with van der Waals surface area (Å²) < 4.78 is 25.5. The number of likely N-dealkylation sites (tertiary alicyclic amines) is 1. The number of primary amides is 1. The Bertz CT molecular complexity index is 1240. The Hall–Kier alpha value is -3.47. The predicted molar refractivity (Wildman–Crippen MR) is 152 cm³/mol. The first-order valence-electron chi connectivity index (χ1n) is 14.6. The van der Waals surface area contributed by atoms with Gasteiger partial charge >= 0.3 is 6.09 Å². The maximum atomic E-state index is 14.1. The summed E-state index contributed by atoms with van der Waals surface area (Å²) in [6.45, 7) is 8.81. The van der Waals surface area contributed by atoms with E-state index in [2.05, 4.69) is 19.8 Å². The van der Waals surface area contributed by atoms with Gasteiger partial charge in [-0.05, 0) is 89.6 Å². The molecule has 1 aromatic carbocycles. The van der Waals surface area contributed by atoms with Gasteiger partial charge in [-0.25, -0.2) is 19.2 Å². The molecule has 1 spiro atoms. The van der Waals surface area contributed by atoms with Crippen LogP contribution in [-0.2, 0) is 4.74 Å². The van der Waals surface area contributed by atoms with Gasteiger partial charge in [-0.3, -0.25) is 4.79 Å². The lowest BCUT2D eigenvalue weighted by Gasteiger charge is -2.54. The maximum Gasteiger partial charge on any atom is 0.404 e. The van der Waals surface area contributed by atoms with Crippen molar-refractivity contribution < 1.29 is 23.5 Å². The number of nitrogens with zero attached hydrogens (tertiary/aromatic N) is 5. The van der Waals surface area contributed by atoms with E-state index < -0.39 is 11.9 Å². The van der Waals surface area contributed by atoms with Crippen LogP contribution in [0.1, 0.15) is 62.7 Å². The topological polar surface area (TPSA) is 114 Å². The van der Waals surface area contributed by atoms with Crippen LogP contribution in [0.25, 0.3) is 0 Å². The molecule has 3 aliphatic rings. The molecule has 2 aromatic rings. The number of carbonyl (C=O) groups is 2. The zero-order valence-corrected chi connectivity index (χ0v) is 24.2. The number of amides is 2. The smallest absolute Gasteiger partial charge is 0.404 e. The largest absolute Gasteiger partial charge is 0.451 e. The molecule has 2 amide bonds. The van der Waals surface area contributed by atoms with Gasteiger partial charge < -0.3 is 29.9 Å². The molecule has 1 saturated carbocycles. The van der Waals surface area contributed by atoms with Gasteiger partial charge in [0.1, 0.15) is 24.0 Å². The lowest BCUT2D eigenvalue weighted by molar-refractivity contribution is 0.0430. The van der Waals surface area contributed by atoms with E-state index in [-0.39, 0.29) is 34.8 Å². The number of hydrogen-bond donors (Lipinski definition) is 1. The number of nitrogens with two attached hydrogens (primary N) is 1. The normalized spacial score (nSPS) is 22.3. The van der Waals surface area contributed by atoms with Gasteiger partial charge in [0.25, 0.3) is 5.91 Å². The fourth-order valence-corrected chi connectivity index (χ4v) is 6.32. The summed E-state index contributed by atoms with van der Waals surface area (Å²) in [5.74, 6) is 1.24. The highest BCUT2D eigenvalue weighted by molar-refractivity contribution is 5.97. The van der Waals surface area contributed by atoms with Crippen molar-refractivity contribution in [3.05, 3.63) is 42.1 Å². The summed E-state index contributed by atoms with van der Waals surface area (Å²) in [4.78, 5) is 39.1. The third kappa shape index (κ3) is 6.72. The van der Waals surface area contributed by atoms with E-state index in [1.165, 1.54) is 24.5 Å². The zero-order chi connectivity index (χ0) is 29.1. The Morgan fingerprint density at radius 3 is 2.51 bits per heavy atom. The highest BCUT2D eigenvalue weighted by Crippen LogP contribution is 2.45. The number of halogens is 1. The number of carbonyl (C=O) groups excluding carboxylic acids is 2. The molecule has 41 heavy (non-hydrogen) atoms. The van der Waals surface area contributed by atoms with Crippen LogP contribution in [0.3, 0.4) is 0 Å². The molecular formula is C30H41FN6O4. The summed E-state index contributed by atoms with van der Waals surface area (Å²) in [7, 11) is 1.69. The molecule has 222 valence electrons. The van der Waals surface area contributed by atoms with Crippen molar-refractivity contribution in [1.29, 1.82) is 0 Å². The van der Waals surface area contributed by atoms with Crippen molar-refractivity contribution >= 4 is 17.8 Å². The van der Waals surface area contributed by atoms with Crippen molar-refractivity contribution in [2.75, 3.05) is 44.7 Å². The van der Waals surface area contributed by atoms with Crippen LogP contribution in [0.4, 0.5) is 15.0 Å². The molecule has 0 unspecified atom stereocenters. The molecule has 0 bridgehead atoms. The van der Waals surface area contributed by atoms with Crippen LogP contribution in [0, 0.1) is 17.2 Å². The minimum Gasteiger partial charge on any atom is -0.451 e. The third-order valence-electron chi connectivity index (χ3n) is 9.01. The second-order valence-corrected chi connectivity index (χ2v) is 12.2. The summed E-state index contributed by atoms with van der Waals surface area (Å²) in [6.07, 6.45) is 8.59. The molecule has 2 N–H and O–H groups in total. The summed E-state index contributed by atoms with van der Waals surface area (Å²) in [5, 5.41) is 0. The number of piperidine rings is 1. The standard InChI is InChI=1S/C30H41FN6O4/c1-20(2)35(3)28(38)24-14-22(31)6-9-25(24)41-26-15-33-19-34-27(26)37-17-30(18-37)10-12-36(13-11-30)16-21-4-7-23(8-5-21)40-29(32)39/h6,9,14-15,19-21,23H,4-5,7-8,10-13,16-18H2,1-3H3,(H2,32,39)/t21-,23-. The van der Waals surface area contributed by atoms with E-state index in [9.17, 15) is 14.0 Å². The van der Waals surface area contributed by atoms with E-state index in [0.717, 1.165) is 71.2 Å². The predicted octanol–water partition coefficient (Wildman–Crippen LogP) is 4.44. The van der Waals surface area contributed by atoms with Gasteiger partial charge in [0, 0.05) is 38.1 Å². The fraction of sp³-hybridized carbons (Fsp3) is 0.600. The molecule has 3 fully saturated rings. The monoisotopic (exact) mass is 568 g/mol. The van der Waals surface area contributed by atoms with E-state index in [4.69, 9.17) is 15.2 Å². The molecule has 0 atom stereocenters. The van der Waals surface area contributed by atoms with Crippen LogP contribution >= 0.6 is 0 Å². The molecule has 5 rings (SSSR count). The number of rotatable bonds is 8. The Balaban J connectivity index is 1.17. The average molecular weight is 569 g/mol. The first-order chi connectivity index (χ1) is 19.6. The molecule has 2 saturated heterocycles.